The standard InChI is InChI=1S/C14H9F2NO4/c15-12-5-4-9(6-13(12)16)8-21-14(18)10-2-1-3-11(7-10)17(19)20/h1-7H,8H2. The van der Waals surface area contributed by atoms with Gasteiger partial charge in [0.25, 0.3) is 5.69 Å². The number of non-ortho nitro benzene ring substituents is 1. The van der Waals surface area contributed by atoms with Crippen LogP contribution in [-0.4, -0.2) is 10.9 Å². The quantitative estimate of drug-likeness (QED) is 0.493. The van der Waals surface area contributed by atoms with Gasteiger partial charge < -0.3 is 4.74 Å². The molecule has 108 valence electrons. The topological polar surface area (TPSA) is 69.4 Å². The Morgan fingerprint density at radius 3 is 2.57 bits per heavy atom. The molecule has 7 heteroatoms. The van der Waals surface area contributed by atoms with Gasteiger partial charge in [-0.2, -0.15) is 0 Å². The lowest BCUT2D eigenvalue weighted by Crippen LogP contribution is -2.06. The van der Waals surface area contributed by atoms with E-state index < -0.39 is 22.5 Å². The van der Waals surface area contributed by atoms with Crippen LogP contribution in [-0.2, 0) is 11.3 Å². The minimum absolute atomic E-state index is 0.00628. The summed E-state index contributed by atoms with van der Waals surface area (Å²) in [7, 11) is 0. The molecule has 0 amide bonds. The highest BCUT2D eigenvalue weighted by Gasteiger charge is 2.13. The fourth-order valence-corrected chi connectivity index (χ4v) is 1.61. The Bertz CT molecular complexity index is 703. The van der Waals surface area contributed by atoms with E-state index in [1.165, 1.54) is 24.3 Å². The normalized spacial score (nSPS) is 10.2. The molecule has 5 nitrogen and oxygen atoms in total. The van der Waals surface area contributed by atoms with Crippen LogP contribution in [0.2, 0.25) is 0 Å². The van der Waals surface area contributed by atoms with Crippen LogP contribution in [0.3, 0.4) is 0 Å². The number of hydrogen-bond acceptors (Lipinski definition) is 4. The van der Waals surface area contributed by atoms with E-state index >= 15 is 0 Å². The van der Waals surface area contributed by atoms with Crippen molar-refractivity contribution in [1.82, 2.24) is 0 Å². The average Bonchev–Trinajstić information content (AvgIpc) is 2.48. The summed E-state index contributed by atoms with van der Waals surface area (Å²) in [6, 6.07) is 8.15. The van der Waals surface area contributed by atoms with Gasteiger partial charge in [-0.1, -0.05) is 12.1 Å². The molecule has 0 aliphatic rings. The number of nitro benzene ring substituents is 1. The molecule has 0 fully saturated rings. The monoisotopic (exact) mass is 293 g/mol. The van der Waals surface area contributed by atoms with Crippen LogP contribution >= 0.6 is 0 Å². The molecule has 0 radical (unpaired) electrons. The van der Waals surface area contributed by atoms with E-state index in [4.69, 9.17) is 4.74 Å². The number of rotatable bonds is 4. The first kappa shape index (κ1) is 14.6. The molecule has 2 aromatic carbocycles. The van der Waals surface area contributed by atoms with Crippen LogP contribution in [0.4, 0.5) is 14.5 Å². The summed E-state index contributed by atoms with van der Waals surface area (Å²) in [5.74, 6) is -2.83. The van der Waals surface area contributed by atoms with Gasteiger partial charge in [0.1, 0.15) is 6.61 Å². The molecule has 0 aliphatic carbocycles. The maximum Gasteiger partial charge on any atom is 0.338 e. The zero-order valence-electron chi connectivity index (χ0n) is 10.6. The number of carbonyl (C=O) groups is 1. The number of nitro groups is 1. The van der Waals surface area contributed by atoms with E-state index in [1.54, 1.807) is 0 Å². The van der Waals surface area contributed by atoms with Crippen molar-refractivity contribution in [3.05, 3.63) is 75.3 Å². The van der Waals surface area contributed by atoms with Gasteiger partial charge in [0.05, 0.1) is 10.5 Å². The molecule has 0 N–H and O–H groups in total. The third-order valence-electron chi connectivity index (χ3n) is 2.65. The zero-order chi connectivity index (χ0) is 15.4. The molecule has 21 heavy (non-hydrogen) atoms. The maximum absolute atomic E-state index is 13.0. The van der Waals surface area contributed by atoms with Crippen LogP contribution in [0, 0.1) is 21.7 Å². The molecular formula is C14H9F2NO4. The van der Waals surface area contributed by atoms with E-state index in [0.717, 1.165) is 18.2 Å². The second kappa shape index (κ2) is 6.08. The smallest absolute Gasteiger partial charge is 0.338 e. The van der Waals surface area contributed by atoms with Crippen molar-refractivity contribution < 1.29 is 23.2 Å². The highest BCUT2D eigenvalue weighted by Crippen LogP contribution is 2.15. The Morgan fingerprint density at radius 1 is 1.14 bits per heavy atom. The Hall–Kier alpha value is -2.83. The number of benzene rings is 2. The summed E-state index contributed by atoms with van der Waals surface area (Å²) in [6.07, 6.45) is 0. The molecule has 0 saturated heterocycles. The first-order valence-electron chi connectivity index (χ1n) is 5.83. The Kier molecular flexibility index (Phi) is 4.22. The second-order valence-electron chi connectivity index (χ2n) is 4.13. The Labute approximate surface area is 117 Å². The summed E-state index contributed by atoms with van der Waals surface area (Å²) in [4.78, 5) is 21.7. The van der Waals surface area contributed by atoms with Gasteiger partial charge in [0, 0.05) is 12.1 Å². The van der Waals surface area contributed by atoms with Crippen LogP contribution in [0.15, 0.2) is 42.5 Å². The average molecular weight is 293 g/mol. The van der Waals surface area contributed by atoms with Gasteiger partial charge in [-0.15, -0.1) is 0 Å². The third kappa shape index (κ3) is 3.59. The van der Waals surface area contributed by atoms with Crippen LogP contribution in [0.5, 0.6) is 0 Å². The molecule has 0 saturated carbocycles. The van der Waals surface area contributed by atoms with Crippen molar-refractivity contribution in [1.29, 1.82) is 0 Å². The number of carbonyl (C=O) groups excluding carboxylic acids is 1. The van der Waals surface area contributed by atoms with E-state index in [2.05, 4.69) is 0 Å². The van der Waals surface area contributed by atoms with E-state index in [1.807, 2.05) is 0 Å². The van der Waals surface area contributed by atoms with Crippen molar-refractivity contribution in [2.45, 2.75) is 6.61 Å². The summed E-state index contributed by atoms with van der Waals surface area (Å²) in [5, 5.41) is 10.6. The highest BCUT2D eigenvalue weighted by molar-refractivity contribution is 5.90. The van der Waals surface area contributed by atoms with Crippen molar-refractivity contribution in [3.63, 3.8) is 0 Å². The largest absolute Gasteiger partial charge is 0.457 e. The lowest BCUT2D eigenvalue weighted by Gasteiger charge is -2.05. The lowest BCUT2D eigenvalue weighted by atomic mass is 10.2. The fraction of sp³-hybridized carbons (Fsp3) is 0.0714. The van der Waals surface area contributed by atoms with E-state index in [9.17, 15) is 23.7 Å². The van der Waals surface area contributed by atoms with Crippen LogP contribution < -0.4 is 0 Å². The lowest BCUT2D eigenvalue weighted by molar-refractivity contribution is -0.384. The molecule has 0 aliphatic heterocycles. The maximum atomic E-state index is 13.0. The molecule has 0 spiro atoms. The molecule has 0 unspecified atom stereocenters. The molecule has 0 atom stereocenters. The number of halogens is 2. The first-order valence-corrected chi connectivity index (χ1v) is 5.83. The first-order chi connectivity index (χ1) is 9.97. The number of ether oxygens (including phenoxy) is 1. The molecule has 0 bridgehead atoms. The van der Waals surface area contributed by atoms with Gasteiger partial charge in [-0.05, 0) is 23.8 Å². The van der Waals surface area contributed by atoms with Gasteiger partial charge in [0.15, 0.2) is 11.6 Å². The number of hydrogen-bond donors (Lipinski definition) is 0. The summed E-state index contributed by atoms with van der Waals surface area (Å²) in [6.45, 7) is -0.265. The fourth-order valence-electron chi connectivity index (χ4n) is 1.61. The van der Waals surface area contributed by atoms with Gasteiger partial charge >= 0.3 is 5.97 Å². The Morgan fingerprint density at radius 2 is 1.90 bits per heavy atom. The SMILES string of the molecule is O=C(OCc1ccc(F)c(F)c1)c1cccc([N+](=O)[O-])c1. The van der Waals surface area contributed by atoms with Gasteiger partial charge in [-0.3, -0.25) is 10.1 Å². The minimum Gasteiger partial charge on any atom is -0.457 e. The molecule has 0 aromatic heterocycles. The number of nitrogens with zero attached hydrogens (tertiary/aromatic N) is 1. The molecule has 2 rings (SSSR count). The summed E-state index contributed by atoms with van der Waals surface area (Å²) >= 11 is 0. The predicted octanol–water partition coefficient (Wildman–Crippen LogP) is 3.23. The van der Waals surface area contributed by atoms with Crippen molar-refractivity contribution >= 4 is 11.7 Å². The number of esters is 1. The van der Waals surface area contributed by atoms with Crippen molar-refractivity contribution in [3.8, 4) is 0 Å². The van der Waals surface area contributed by atoms with Crippen molar-refractivity contribution in [2.75, 3.05) is 0 Å². The molecular weight excluding hydrogens is 284 g/mol. The van der Waals surface area contributed by atoms with E-state index in [0.29, 0.717) is 0 Å². The minimum atomic E-state index is -1.04. The van der Waals surface area contributed by atoms with Crippen LogP contribution in [0.1, 0.15) is 15.9 Å². The summed E-state index contributed by atoms with van der Waals surface area (Å²) in [5.41, 5.74) is 0.0386. The van der Waals surface area contributed by atoms with Gasteiger partial charge in [0.2, 0.25) is 0 Å². The zero-order valence-corrected chi connectivity index (χ0v) is 10.6. The summed E-state index contributed by atoms with van der Waals surface area (Å²) < 4.78 is 30.6. The molecule has 0 heterocycles. The van der Waals surface area contributed by atoms with Crippen molar-refractivity contribution in [2.24, 2.45) is 0 Å². The molecule has 2 aromatic rings. The van der Waals surface area contributed by atoms with E-state index in [-0.39, 0.29) is 23.4 Å². The highest BCUT2D eigenvalue weighted by atomic mass is 19.2. The predicted molar refractivity (Wildman–Crippen MR) is 68.6 cm³/mol. The second-order valence-corrected chi connectivity index (χ2v) is 4.13. The van der Waals surface area contributed by atoms with Gasteiger partial charge in [-0.25, -0.2) is 13.6 Å². The van der Waals surface area contributed by atoms with Crippen LogP contribution in [0.25, 0.3) is 0 Å². The third-order valence-corrected chi connectivity index (χ3v) is 2.65. The Balaban J connectivity index is 2.06.